The lowest BCUT2D eigenvalue weighted by Gasteiger charge is -2.09. The lowest BCUT2D eigenvalue weighted by molar-refractivity contribution is 0.411. The highest BCUT2D eigenvalue weighted by atomic mass is 16.5. The minimum Gasteiger partial charge on any atom is -0.497 e. The number of aromatic nitrogens is 1. The summed E-state index contributed by atoms with van der Waals surface area (Å²) in [7, 11) is 1.55. The molecule has 0 aliphatic rings. The van der Waals surface area contributed by atoms with Crippen molar-refractivity contribution in [3.8, 4) is 5.75 Å². The van der Waals surface area contributed by atoms with Gasteiger partial charge in [0.05, 0.1) is 7.11 Å². The fraction of sp³-hybridized carbons (Fsp3) is 0.444. The zero-order valence-electron chi connectivity index (χ0n) is 7.57. The number of nitrogens with zero attached hydrogens (tertiary/aromatic N) is 1. The first kappa shape index (κ1) is 8.84. The van der Waals surface area contributed by atoms with Crippen molar-refractivity contribution in [2.45, 2.75) is 19.9 Å². The van der Waals surface area contributed by atoms with E-state index in [2.05, 4.69) is 0 Å². The number of hydrogen-bond donors (Lipinski definition) is 0. The Morgan fingerprint density at radius 3 is 2.58 bits per heavy atom. The van der Waals surface area contributed by atoms with Crippen LogP contribution >= 0.6 is 0 Å². The molecule has 0 bridgehead atoms. The second-order valence-corrected chi connectivity index (χ2v) is 2.91. The van der Waals surface area contributed by atoms with Crippen LogP contribution in [0.1, 0.15) is 19.9 Å². The van der Waals surface area contributed by atoms with Crippen LogP contribution < -0.4 is 10.3 Å². The Morgan fingerprint density at radius 1 is 1.50 bits per heavy atom. The van der Waals surface area contributed by atoms with E-state index in [9.17, 15) is 4.79 Å². The van der Waals surface area contributed by atoms with Gasteiger partial charge in [0.2, 0.25) is 0 Å². The van der Waals surface area contributed by atoms with Crippen LogP contribution in [0.25, 0.3) is 0 Å². The maximum Gasteiger partial charge on any atom is 0.254 e. The SMILES string of the molecule is COc1ccn(C(C)C)c(=O)c1. The molecule has 0 unspecified atom stereocenters. The van der Waals surface area contributed by atoms with Gasteiger partial charge in [-0.05, 0) is 19.9 Å². The second kappa shape index (κ2) is 3.43. The zero-order valence-corrected chi connectivity index (χ0v) is 7.57. The lowest BCUT2D eigenvalue weighted by Crippen LogP contribution is -2.19. The Hall–Kier alpha value is -1.25. The van der Waals surface area contributed by atoms with Gasteiger partial charge in [-0.15, -0.1) is 0 Å². The number of ether oxygens (including phenoxy) is 1. The van der Waals surface area contributed by atoms with E-state index >= 15 is 0 Å². The molecule has 0 aliphatic carbocycles. The van der Waals surface area contributed by atoms with Crippen LogP contribution in [0.2, 0.25) is 0 Å². The topological polar surface area (TPSA) is 31.2 Å². The average molecular weight is 167 g/mol. The Kier molecular flexibility index (Phi) is 2.53. The highest BCUT2D eigenvalue weighted by Gasteiger charge is 2.00. The number of hydrogen-bond acceptors (Lipinski definition) is 2. The second-order valence-electron chi connectivity index (χ2n) is 2.91. The monoisotopic (exact) mass is 167 g/mol. The quantitative estimate of drug-likeness (QED) is 0.667. The molecule has 3 heteroatoms. The Bertz CT molecular complexity index is 315. The summed E-state index contributed by atoms with van der Waals surface area (Å²) < 4.78 is 6.57. The number of methoxy groups -OCH3 is 1. The lowest BCUT2D eigenvalue weighted by atomic mass is 10.3. The molecule has 0 saturated carbocycles. The summed E-state index contributed by atoms with van der Waals surface area (Å²) in [6, 6.07) is 3.46. The van der Waals surface area contributed by atoms with E-state index in [4.69, 9.17) is 4.74 Å². The molecule has 3 nitrogen and oxygen atoms in total. The van der Waals surface area contributed by atoms with Crippen molar-refractivity contribution in [1.82, 2.24) is 4.57 Å². The van der Waals surface area contributed by atoms with Gasteiger partial charge < -0.3 is 9.30 Å². The van der Waals surface area contributed by atoms with Crippen molar-refractivity contribution in [2.75, 3.05) is 7.11 Å². The highest BCUT2D eigenvalue weighted by Crippen LogP contribution is 2.06. The van der Waals surface area contributed by atoms with E-state index in [0.717, 1.165) is 0 Å². The molecular formula is C9H13NO2. The van der Waals surface area contributed by atoms with Crippen LogP contribution in [0.4, 0.5) is 0 Å². The summed E-state index contributed by atoms with van der Waals surface area (Å²) in [4.78, 5) is 11.3. The van der Waals surface area contributed by atoms with Crippen molar-refractivity contribution < 1.29 is 4.74 Å². The van der Waals surface area contributed by atoms with Gasteiger partial charge in [0.15, 0.2) is 0 Å². The Labute approximate surface area is 71.6 Å². The summed E-state index contributed by atoms with van der Waals surface area (Å²) in [5.41, 5.74) is -0.0237. The number of pyridine rings is 1. The summed E-state index contributed by atoms with van der Waals surface area (Å²) in [6.07, 6.45) is 1.74. The van der Waals surface area contributed by atoms with Crippen LogP contribution in [-0.2, 0) is 0 Å². The van der Waals surface area contributed by atoms with E-state index in [1.54, 1.807) is 23.9 Å². The molecule has 0 aromatic carbocycles. The average Bonchev–Trinajstić information content (AvgIpc) is 2.03. The minimum atomic E-state index is -0.0237. The maximum absolute atomic E-state index is 11.3. The van der Waals surface area contributed by atoms with Gasteiger partial charge in [-0.25, -0.2) is 0 Å². The van der Waals surface area contributed by atoms with E-state index in [1.807, 2.05) is 13.8 Å². The zero-order chi connectivity index (χ0) is 9.14. The molecule has 1 aromatic rings. The summed E-state index contributed by atoms with van der Waals surface area (Å²) in [5.74, 6) is 0.608. The van der Waals surface area contributed by atoms with Crippen molar-refractivity contribution in [3.05, 3.63) is 28.7 Å². The first-order chi connectivity index (χ1) is 5.65. The van der Waals surface area contributed by atoms with Crippen molar-refractivity contribution in [3.63, 3.8) is 0 Å². The molecule has 0 radical (unpaired) electrons. The molecule has 0 atom stereocenters. The summed E-state index contributed by atoms with van der Waals surface area (Å²) in [5, 5.41) is 0. The van der Waals surface area contributed by atoms with Crippen LogP contribution in [0.3, 0.4) is 0 Å². The predicted octanol–water partition coefficient (Wildman–Crippen LogP) is 1.44. The smallest absolute Gasteiger partial charge is 0.254 e. The van der Waals surface area contributed by atoms with E-state index in [0.29, 0.717) is 5.75 Å². The molecular weight excluding hydrogens is 154 g/mol. The van der Waals surface area contributed by atoms with Crippen LogP contribution in [0.15, 0.2) is 23.1 Å². The van der Waals surface area contributed by atoms with E-state index in [-0.39, 0.29) is 11.6 Å². The predicted molar refractivity (Wildman–Crippen MR) is 47.6 cm³/mol. The molecule has 0 N–H and O–H groups in total. The van der Waals surface area contributed by atoms with Crippen molar-refractivity contribution in [2.24, 2.45) is 0 Å². The van der Waals surface area contributed by atoms with Gasteiger partial charge in [-0.1, -0.05) is 0 Å². The van der Waals surface area contributed by atoms with Gasteiger partial charge >= 0.3 is 0 Å². The van der Waals surface area contributed by atoms with Crippen LogP contribution in [0.5, 0.6) is 5.75 Å². The standard InChI is InChI=1S/C9H13NO2/c1-7(2)10-5-4-8(12-3)6-9(10)11/h4-7H,1-3H3. The first-order valence-electron chi connectivity index (χ1n) is 3.91. The van der Waals surface area contributed by atoms with Crippen molar-refractivity contribution in [1.29, 1.82) is 0 Å². The molecule has 0 saturated heterocycles. The normalized spacial score (nSPS) is 10.3. The molecule has 12 heavy (non-hydrogen) atoms. The van der Waals surface area contributed by atoms with Crippen LogP contribution in [-0.4, -0.2) is 11.7 Å². The molecule has 1 heterocycles. The van der Waals surface area contributed by atoms with E-state index < -0.39 is 0 Å². The van der Waals surface area contributed by atoms with Gasteiger partial charge in [0.1, 0.15) is 5.75 Å². The minimum absolute atomic E-state index is 0.0237. The molecule has 1 aromatic heterocycles. The summed E-state index contributed by atoms with van der Waals surface area (Å²) in [6.45, 7) is 3.93. The largest absolute Gasteiger partial charge is 0.497 e. The molecule has 0 aliphatic heterocycles. The fourth-order valence-electron chi connectivity index (χ4n) is 1.03. The molecule has 1 rings (SSSR count). The molecule has 0 fully saturated rings. The molecule has 66 valence electrons. The van der Waals surface area contributed by atoms with Crippen molar-refractivity contribution >= 4 is 0 Å². The third-order valence-electron chi connectivity index (χ3n) is 1.71. The maximum atomic E-state index is 11.3. The third kappa shape index (κ3) is 1.67. The first-order valence-corrected chi connectivity index (χ1v) is 3.91. The van der Waals surface area contributed by atoms with Gasteiger partial charge in [0, 0.05) is 18.3 Å². The third-order valence-corrected chi connectivity index (χ3v) is 1.71. The van der Waals surface area contributed by atoms with Crippen LogP contribution in [0, 0.1) is 0 Å². The highest BCUT2D eigenvalue weighted by molar-refractivity contribution is 5.17. The fourth-order valence-corrected chi connectivity index (χ4v) is 1.03. The van der Waals surface area contributed by atoms with Gasteiger partial charge in [-0.2, -0.15) is 0 Å². The van der Waals surface area contributed by atoms with Gasteiger partial charge in [0.25, 0.3) is 5.56 Å². The summed E-state index contributed by atoms with van der Waals surface area (Å²) >= 11 is 0. The molecule has 0 amide bonds. The van der Waals surface area contributed by atoms with E-state index in [1.165, 1.54) is 6.07 Å². The number of rotatable bonds is 2. The Balaban J connectivity index is 3.12. The Morgan fingerprint density at radius 2 is 2.17 bits per heavy atom. The van der Waals surface area contributed by atoms with Gasteiger partial charge in [-0.3, -0.25) is 4.79 Å². The molecule has 0 spiro atoms.